The molecule has 2 N–H and O–H groups in total. The monoisotopic (exact) mass is 326 g/mol. The predicted octanol–water partition coefficient (Wildman–Crippen LogP) is 2.49. The van der Waals surface area contributed by atoms with Crippen LogP contribution in [-0.4, -0.2) is 38.0 Å². The highest BCUT2D eigenvalue weighted by atomic mass is 35.5. The van der Waals surface area contributed by atoms with Gasteiger partial charge in [0.1, 0.15) is 11.6 Å². The second-order valence-electron chi connectivity index (χ2n) is 4.51. The van der Waals surface area contributed by atoms with E-state index in [2.05, 4.69) is 10.6 Å². The van der Waals surface area contributed by atoms with Crippen LogP contribution >= 0.6 is 23.2 Å². The molecule has 0 fully saturated rings. The van der Waals surface area contributed by atoms with Crippen LogP contribution in [0.5, 0.6) is 0 Å². The Labute approximate surface area is 134 Å². The zero-order chi connectivity index (χ0) is 15.8. The van der Waals surface area contributed by atoms with Gasteiger partial charge in [-0.15, -0.1) is 0 Å². The highest BCUT2D eigenvalue weighted by Gasteiger charge is 2.10. The largest absolute Gasteiger partial charge is 0.388 e. The van der Waals surface area contributed by atoms with Gasteiger partial charge in [-0.25, -0.2) is 0 Å². The topological polar surface area (TPSA) is 68.2 Å². The molecular formula is C14H16Cl2N4O. The smallest absolute Gasteiger partial charge is 0.267 e. The second-order valence-corrected chi connectivity index (χ2v) is 5.32. The minimum absolute atomic E-state index is 0.0140. The zero-order valence-corrected chi connectivity index (χ0v) is 13.3. The van der Waals surface area contributed by atoms with Crippen LogP contribution in [0.4, 0.5) is 5.69 Å². The molecule has 0 aliphatic carbocycles. The third-order valence-corrected chi connectivity index (χ3v) is 3.23. The molecule has 21 heavy (non-hydrogen) atoms. The Morgan fingerprint density at radius 2 is 2.10 bits per heavy atom. The van der Waals surface area contributed by atoms with Gasteiger partial charge in [-0.2, -0.15) is 5.26 Å². The number of benzene rings is 1. The van der Waals surface area contributed by atoms with Crippen LogP contribution in [0, 0.1) is 11.3 Å². The minimum Gasteiger partial charge on any atom is -0.388 e. The van der Waals surface area contributed by atoms with Gasteiger partial charge in [-0.05, 0) is 32.3 Å². The Balaban J connectivity index is 2.64. The van der Waals surface area contributed by atoms with E-state index in [0.29, 0.717) is 22.3 Å². The first-order valence-electron chi connectivity index (χ1n) is 6.19. The van der Waals surface area contributed by atoms with Crippen molar-refractivity contribution in [1.29, 1.82) is 5.26 Å². The standard InChI is InChI=1S/C14H16Cl2N4O/c1-20(2)6-5-18-9-10(8-17)14(21)19-11-3-4-12(15)13(16)7-11/h3-4,7,9,18H,5-6H2,1-2H3,(H,19,21)/b10-9-. The summed E-state index contributed by atoms with van der Waals surface area (Å²) < 4.78 is 0. The Bertz CT molecular complexity index is 579. The number of halogens is 2. The van der Waals surface area contributed by atoms with E-state index in [0.717, 1.165) is 6.54 Å². The van der Waals surface area contributed by atoms with Crippen LogP contribution in [-0.2, 0) is 4.79 Å². The minimum atomic E-state index is -0.506. The molecule has 1 rings (SSSR count). The summed E-state index contributed by atoms with van der Waals surface area (Å²) in [5, 5.41) is 15.2. The number of nitrogens with zero attached hydrogens (tertiary/aromatic N) is 2. The van der Waals surface area contributed by atoms with Crippen LogP contribution in [0.25, 0.3) is 0 Å². The van der Waals surface area contributed by atoms with Crippen molar-refractivity contribution in [2.45, 2.75) is 0 Å². The molecule has 1 aromatic rings. The molecule has 5 nitrogen and oxygen atoms in total. The molecule has 1 amide bonds. The second kappa shape index (κ2) is 8.53. The zero-order valence-electron chi connectivity index (χ0n) is 11.8. The molecule has 0 aliphatic heterocycles. The van der Waals surface area contributed by atoms with Crippen molar-refractivity contribution in [3.8, 4) is 6.07 Å². The van der Waals surface area contributed by atoms with Gasteiger partial charge in [0.25, 0.3) is 5.91 Å². The number of rotatable bonds is 6. The number of carbonyl (C=O) groups excluding carboxylic acids is 1. The van der Waals surface area contributed by atoms with Crippen molar-refractivity contribution in [1.82, 2.24) is 10.2 Å². The number of hydrogen-bond acceptors (Lipinski definition) is 4. The van der Waals surface area contributed by atoms with E-state index in [1.807, 2.05) is 25.1 Å². The molecule has 1 aromatic carbocycles. The third kappa shape index (κ3) is 6.05. The SMILES string of the molecule is CN(C)CCN/C=C(/C#N)C(=O)Nc1ccc(Cl)c(Cl)c1. The lowest BCUT2D eigenvalue weighted by molar-refractivity contribution is -0.112. The van der Waals surface area contributed by atoms with E-state index in [-0.39, 0.29) is 5.57 Å². The molecule has 0 heterocycles. The Hall–Kier alpha value is -1.74. The van der Waals surface area contributed by atoms with Crippen molar-refractivity contribution >= 4 is 34.8 Å². The first-order chi connectivity index (χ1) is 9.93. The molecule has 0 atom stereocenters. The Morgan fingerprint density at radius 3 is 2.67 bits per heavy atom. The van der Waals surface area contributed by atoms with E-state index >= 15 is 0 Å². The number of nitriles is 1. The fraction of sp³-hybridized carbons (Fsp3) is 0.286. The molecule has 112 valence electrons. The predicted molar refractivity (Wildman–Crippen MR) is 85.3 cm³/mol. The quantitative estimate of drug-likeness (QED) is 0.478. The molecule has 0 saturated heterocycles. The van der Waals surface area contributed by atoms with Gasteiger partial charge in [0.05, 0.1) is 10.0 Å². The van der Waals surface area contributed by atoms with Crippen LogP contribution in [0.1, 0.15) is 0 Å². The summed E-state index contributed by atoms with van der Waals surface area (Å²) in [6.45, 7) is 1.43. The van der Waals surface area contributed by atoms with Crippen LogP contribution in [0.15, 0.2) is 30.0 Å². The number of likely N-dealkylation sites (N-methyl/N-ethyl adjacent to an activating group) is 1. The van der Waals surface area contributed by atoms with E-state index in [1.54, 1.807) is 12.1 Å². The molecule has 0 aliphatic rings. The van der Waals surface area contributed by atoms with Gasteiger partial charge in [-0.3, -0.25) is 4.79 Å². The lowest BCUT2D eigenvalue weighted by Crippen LogP contribution is -2.24. The third-order valence-electron chi connectivity index (χ3n) is 2.49. The highest BCUT2D eigenvalue weighted by molar-refractivity contribution is 6.42. The number of nitrogens with one attached hydrogen (secondary N) is 2. The number of amides is 1. The Kier molecular flexibility index (Phi) is 7.03. The summed E-state index contributed by atoms with van der Waals surface area (Å²) in [7, 11) is 3.88. The molecule has 0 unspecified atom stereocenters. The highest BCUT2D eigenvalue weighted by Crippen LogP contribution is 2.25. The van der Waals surface area contributed by atoms with Gasteiger partial charge < -0.3 is 15.5 Å². The molecule has 0 radical (unpaired) electrons. The van der Waals surface area contributed by atoms with Crippen LogP contribution in [0.3, 0.4) is 0 Å². The van der Waals surface area contributed by atoms with E-state index < -0.39 is 5.91 Å². The molecule has 0 spiro atoms. The average Bonchev–Trinajstić information content (AvgIpc) is 2.42. The number of hydrogen-bond donors (Lipinski definition) is 2. The molecule has 0 saturated carbocycles. The summed E-state index contributed by atoms with van der Waals surface area (Å²) in [5.41, 5.74) is 0.462. The maximum absolute atomic E-state index is 11.9. The van der Waals surface area contributed by atoms with Crippen molar-refractivity contribution in [2.24, 2.45) is 0 Å². The first-order valence-corrected chi connectivity index (χ1v) is 6.94. The normalized spacial score (nSPS) is 11.1. The lowest BCUT2D eigenvalue weighted by Gasteiger charge is -2.09. The van der Waals surface area contributed by atoms with Crippen molar-refractivity contribution in [3.63, 3.8) is 0 Å². The summed E-state index contributed by atoms with van der Waals surface area (Å²) in [6.07, 6.45) is 1.40. The van der Waals surface area contributed by atoms with Gasteiger partial charge in [0.15, 0.2) is 0 Å². The number of carbonyl (C=O) groups is 1. The maximum atomic E-state index is 11.9. The Morgan fingerprint density at radius 1 is 1.38 bits per heavy atom. The fourth-order valence-electron chi connectivity index (χ4n) is 1.38. The molecule has 0 aromatic heterocycles. The van der Waals surface area contributed by atoms with Crippen molar-refractivity contribution in [2.75, 3.05) is 32.5 Å². The molecule has 0 bridgehead atoms. The van der Waals surface area contributed by atoms with Gasteiger partial charge in [-0.1, -0.05) is 23.2 Å². The lowest BCUT2D eigenvalue weighted by atomic mass is 10.2. The van der Waals surface area contributed by atoms with Crippen LogP contribution < -0.4 is 10.6 Å². The fourth-order valence-corrected chi connectivity index (χ4v) is 1.68. The van der Waals surface area contributed by atoms with E-state index in [4.69, 9.17) is 28.5 Å². The summed E-state index contributed by atoms with van der Waals surface area (Å²) in [4.78, 5) is 13.9. The van der Waals surface area contributed by atoms with Gasteiger partial charge in [0.2, 0.25) is 0 Å². The van der Waals surface area contributed by atoms with Gasteiger partial charge in [0, 0.05) is 25.0 Å². The van der Waals surface area contributed by atoms with E-state index in [1.165, 1.54) is 12.3 Å². The van der Waals surface area contributed by atoms with Crippen molar-refractivity contribution < 1.29 is 4.79 Å². The maximum Gasteiger partial charge on any atom is 0.267 e. The molecular weight excluding hydrogens is 311 g/mol. The van der Waals surface area contributed by atoms with Crippen LogP contribution in [0.2, 0.25) is 10.0 Å². The summed E-state index contributed by atoms with van der Waals surface area (Å²) in [5.74, 6) is -0.506. The summed E-state index contributed by atoms with van der Waals surface area (Å²) in [6, 6.07) is 6.56. The van der Waals surface area contributed by atoms with E-state index in [9.17, 15) is 4.79 Å². The van der Waals surface area contributed by atoms with Crippen molar-refractivity contribution in [3.05, 3.63) is 40.0 Å². The summed E-state index contributed by atoms with van der Waals surface area (Å²) >= 11 is 11.7. The number of anilines is 1. The molecule has 7 heteroatoms. The average molecular weight is 327 g/mol. The van der Waals surface area contributed by atoms with Gasteiger partial charge >= 0.3 is 0 Å². The first kappa shape index (κ1) is 17.3.